The molecule has 24 heavy (non-hydrogen) atoms. The molecule has 2 heterocycles. The predicted molar refractivity (Wildman–Crippen MR) is 91.2 cm³/mol. The molecule has 3 N–H and O–H groups in total. The monoisotopic (exact) mass is 324 g/mol. The molecule has 7 nitrogen and oxygen atoms in total. The summed E-state index contributed by atoms with van der Waals surface area (Å²) in [5, 5.41) is 12.2. The Bertz CT molecular complexity index is 799. The summed E-state index contributed by atoms with van der Waals surface area (Å²) < 4.78 is 0. The zero-order chi connectivity index (χ0) is 17.1. The van der Waals surface area contributed by atoms with Crippen molar-refractivity contribution < 1.29 is 4.79 Å². The molecule has 0 unspecified atom stereocenters. The molecule has 1 fully saturated rings. The van der Waals surface area contributed by atoms with E-state index < -0.39 is 0 Å². The van der Waals surface area contributed by atoms with Gasteiger partial charge in [0, 0.05) is 31.5 Å². The third kappa shape index (κ3) is 3.14. The number of aromatic nitrogens is 2. The first-order valence-electron chi connectivity index (χ1n) is 8.00. The lowest BCUT2D eigenvalue weighted by atomic mass is 9.95. The van der Waals surface area contributed by atoms with Crippen LogP contribution in [0.5, 0.6) is 0 Å². The quantitative estimate of drug-likeness (QED) is 0.864. The highest BCUT2D eigenvalue weighted by Crippen LogP contribution is 2.29. The standard InChI is InChI=1S/C17H20N6O/c1-11-6-13(22-15(24)8-19)10-23(9-11)14-3-2-12(7-18)16-17(14)21-5-4-20-16/h2-5,11,13H,6,8-10,19H2,1H3,(H,22,24)/t11-,13+/m0/s1. The molecule has 1 aliphatic rings. The fourth-order valence-electron chi connectivity index (χ4n) is 3.33. The second-order valence-electron chi connectivity index (χ2n) is 6.21. The minimum absolute atomic E-state index is 0.00382. The third-order valence-electron chi connectivity index (χ3n) is 4.28. The number of nitrogens with two attached hydrogens (primary N) is 1. The minimum atomic E-state index is -0.140. The number of nitrogens with zero attached hydrogens (tertiary/aromatic N) is 4. The molecule has 1 aromatic heterocycles. The molecule has 0 radical (unpaired) electrons. The number of fused-ring (bicyclic) bond motifs is 1. The number of hydrogen-bond acceptors (Lipinski definition) is 6. The molecule has 1 aromatic carbocycles. The van der Waals surface area contributed by atoms with Gasteiger partial charge in [-0.3, -0.25) is 14.8 Å². The van der Waals surface area contributed by atoms with E-state index in [2.05, 4.69) is 33.2 Å². The molecule has 0 saturated carbocycles. The van der Waals surface area contributed by atoms with Crippen LogP contribution in [0.4, 0.5) is 5.69 Å². The number of piperidine rings is 1. The zero-order valence-electron chi connectivity index (χ0n) is 13.6. The van der Waals surface area contributed by atoms with E-state index in [-0.39, 0.29) is 18.5 Å². The van der Waals surface area contributed by atoms with Crippen molar-refractivity contribution in [2.75, 3.05) is 24.5 Å². The van der Waals surface area contributed by atoms with Crippen LogP contribution in [-0.4, -0.2) is 41.6 Å². The van der Waals surface area contributed by atoms with Gasteiger partial charge in [0.15, 0.2) is 0 Å². The average Bonchev–Trinajstić information content (AvgIpc) is 2.60. The average molecular weight is 324 g/mol. The van der Waals surface area contributed by atoms with Crippen LogP contribution in [-0.2, 0) is 4.79 Å². The van der Waals surface area contributed by atoms with Gasteiger partial charge in [0.05, 0.1) is 17.8 Å². The van der Waals surface area contributed by atoms with Crippen molar-refractivity contribution in [1.29, 1.82) is 5.26 Å². The fourth-order valence-corrected chi connectivity index (χ4v) is 3.33. The fraction of sp³-hybridized carbons (Fsp3) is 0.412. The Kier molecular flexibility index (Phi) is 4.58. The van der Waals surface area contributed by atoms with Crippen LogP contribution in [0.2, 0.25) is 0 Å². The highest BCUT2D eigenvalue weighted by Gasteiger charge is 2.27. The highest BCUT2D eigenvalue weighted by molar-refractivity contribution is 5.92. The van der Waals surface area contributed by atoms with Crippen LogP contribution in [0.1, 0.15) is 18.9 Å². The van der Waals surface area contributed by atoms with Gasteiger partial charge < -0.3 is 16.0 Å². The minimum Gasteiger partial charge on any atom is -0.367 e. The Morgan fingerprint density at radius 3 is 2.83 bits per heavy atom. The summed E-state index contributed by atoms with van der Waals surface area (Å²) >= 11 is 0. The van der Waals surface area contributed by atoms with Crippen LogP contribution >= 0.6 is 0 Å². The molecule has 2 atom stereocenters. The maximum atomic E-state index is 11.6. The summed E-state index contributed by atoms with van der Waals surface area (Å²) in [6.07, 6.45) is 4.15. The number of hydrogen-bond donors (Lipinski definition) is 2. The van der Waals surface area contributed by atoms with Crippen molar-refractivity contribution in [3.05, 3.63) is 30.1 Å². The van der Waals surface area contributed by atoms with Crippen molar-refractivity contribution in [3.8, 4) is 6.07 Å². The molecule has 2 aromatic rings. The molecule has 124 valence electrons. The topological polar surface area (TPSA) is 108 Å². The second-order valence-corrected chi connectivity index (χ2v) is 6.21. The van der Waals surface area contributed by atoms with E-state index in [0.717, 1.165) is 24.2 Å². The number of carbonyl (C=O) groups is 1. The summed E-state index contributed by atoms with van der Waals surface area (Å²) in [7, 11) is 0. The van der Waals surface area contributed by atoms with Crippen LogP contribution in [0.15, 0.2) is 24.5 Å². The lowest BCUT2D eigenvalue weighted by molar-refractivity contribution is -0.120. The van der Waals surface area contributed by atoms with Crippen molar-refractivity contribution in [2.24, 2.45) is 11.7 Å². The van der Waals surface area contributed by atoms with Gasteiger partial charge in [-0.2, -0.15) is 5.26 Å². The SMILES string of the molecule is C[C@H]1C[C@@H](NC(=O)CN)CN(c2ccc(C#N)c3nccnc23)C1. The first-order chi connectivity index (χ1) is 11.6. The van der Waals surface area contributed by atoms with Crippen molar-refractivity contribution in [2.45, 2.75) is 19.4 Å². The van der Waals surface area contributed by atoms with E-state index in [0.29, 0.717) is 23.5 Å². The van der Waals surface area contributed by atoms with E-state index in [1.54, 1.807) is 18.5 Å². The lowest BCUT2D eigenvalue weighted by Crippen LogP contribution is -2.51. The summed E-state index contributed by atoms with van der Waals surface area (Å²) in [4.78, 5) is 22.6. The molecule has 0 bridgehead atoms. The van der Waals surface area contributed by atoms with Crippen LogP contribution < -0.4 is 16.0 Å². The number of rotatable bonds is 3. The number of anilines is 1. The maximum Gasteiger partial charge on any atom is 0.234 e. The van der Waals surface area contributed by atoms with Gasteiger partial charge in [-0.05, 0) is 24.5 Å². The van der Waals surface area contributed by atoms with Crippen molar-refractivity contribution in [1.82, 2.24) is 15.3 Å². The first kappa shape index (κ1) is 16.1. The van der Waals surface area contributed by atoms with E-state index in [1.807, 2.05) is 6.07 Å². The zero-order valence-corrected chi connectivity index (χ0v) is 13.6. The number of nitriles is 1. The van der Waals surface area contributed by atoms with Gasteiger partial charge in [0.25, 0.3) is 0 Å². The first-order valence-corrected chi connectivity index (χ1v) is 8.00. The third-order valence-corrected chi connectivity index (χ3v) is 4.28. The van der Waals surface area contributed by atoms with Crippen molar-refractivity contribution >= 4 is 22.6 Å². The maximum absolute atomic E-state index is 11.6. The van der Waals surface area contributed by atoms with Gasteiger partial charge >= 0.3 is 0 Å². The molecule has 0 aliphatic carbocycles. The number of nitrogens with one attached hydrogen (secondary N) is 1. The lowest BCUT2D eigenvalue weighted by Gasteiger charge is -2.38. The Hall–Kier alpha value is -2.72. The van der Waals surface area contributed by atoms with Gasteiger partial charge in [0.1, 0.15) is 17.1 Å². The Morgan fingerprint density at radius 1 is 1.38 bits per heavy atom. The molecule has 3 rings (SSSR count). The molecule has 1 aliphatic heterocycles. The number of benzene rings is 1. The van der Waals surface area contributed by atoms with Gasteiger partial charge in [-0.1, -0.05) is 6.92 Å². The van der Waals surface area contributed by atoms with Gasteiger partial charge in [-0.25, -0.2) is 0 Å². The highest BCUT2D eigenvalue weighted by atomic mass is 16.1. The molecular weight excluding hydrogens is 304 g/mol. The Labute approximate surface area is 140 Å². The summed E-state index contributed by atoms with van der Waals surface area (Å²) in [6.45, 7) is 3.71. The smallest absolute Gasteiger partial charge is 0.234 e. The normalized spacial score (nSPS) is 20.6. The predicted octanol–water partition coefficient (Wildman–Crippen LogP) is 0.791. The Morgan fingerprint density at radius 2 is 2.12 bits per heavy atom. The molecule has 0 spiro atoms. The van der Waals surface area contributed by atoms with Crippen LogP contribution in [0, 0.1) is 17.2 Å². The molecule has 1 amide bonds. The summed E-state index contributed by atoms with van der Waals surface area (Å²) in [5.74, 6) is 0.280. The van der Waals surface area contributed by atoms with E-state index in [9.17, 15) is 10.1 Å². The van der Waals surface area contributed by atoms with E-state index >= 15 is 0 Å². The molecular formula is C17H20N6O. The number of carbonyl (C=O) groups excluding carboxylic acids is 1. The van der Waals surface area contributed by atoms with Crippen LogP contribution in [0.25, 0.3) is 11.0 Å². The Balaban J connectivity index is 1.95. The summed E-state index contributed by atoms with van der Waals surface area (Å²) in [5.41, 5.74) is 8.18. The largest absolute Gasteiger partial charge is 0.367 e. The van der Waals surface area contributed by atoms with Crippen molar-refractivity contribution in [3.63, 3.8) is 0 Å². The molecule has 1 saturated heterocycles. The van der Waals surface area contributed by atoms with E-state index in [4.69, 9.17) is 5.73 Å². The van der Waals surface area contributed by atoms with Gasteiger partial charge in [-0.15, -0.1) is 0 Å². The van der Waals surface area contributed by atoms with Crippen LogP contribution in [0.3, 0.4) is 0 Å². The van der Waals surface area contributed by atoms with Gasteiger partial charge in [0.2, 0.25) is 5.91 Å². The molecule has 7 heteroatoms. The second kappa shape index (κ2) is 6.81. The van der Waals surface area contributed by atoms with E-state index in [1.165, 1.54) is 0 Å². The number of amides is 1. The summed E-state index contributed by atoms with van der Waals surface area (Å²) in [6, 6.07) is 5.90.